The highest BCUT2D eigenvalue weighted by molar-refractivity contribution is 7.82. The molecule has 0 saturated carbocycles. The van der Waals surface area contributed by atoms with E-state index in [2.05, 4.69) is 26.5 Å². The average molecular weight is 103 g/mol. The van der Waals surface area contributed by atoms with Gasteiger partial charge in [-0.2, -0.15) is 12.6 Å². The molecule has 0 fully saturated rings. The molecule has 1 radical (unpaired) electrons. The summed E-state index contributed by atoms with van der Waals surface area (Å²) in [6.45, 7) is 4.30. The minimum atomic E-state index is 0.674. The third-order valence-corrected chi connectivity index (χ3v) is 1.41. The van der Waals surface area contributed by atoms with Gasteiger partial charge in [-0.3, -0.25) is 0 Å². The molecule has 0 aromatic rings. The Hall–Kier alpha value is 0.350. The summed E-state index contributed by atoms with van der Waals surface area (Å²) in [5.41, 5.74) is 0. The van der Waals surface area contributed by atoms with Crippen molar-refractivity contribution in [2.45, 2.75) is 20.3 Å². The van der Waals surface area contributed by atoms with Crippen LogP contribution in [0.25, 0.3) is 0 Å². The van der Waals surface area contributed by atoms with Gasteiger partial charge in [0.25, 0.3) is 0 Å². The van der Waals surface area contributed by atoms with Crippen LogP contribution in [0.1, 0.15) is 20.3 Å². The van der Waals surface area contributed by atoms with Crippen molar-refractivity contribution in [1.29, 1.82) is 0 Å². The maximum absolute atomic E-state index is 3.97. The molecule has 0 bridgehead atoms. The lowest BCUT2D eigenvalue weighted by molar-refractivity contribution is 0.684. The van der Waals surface area contributed by atoms with Crippen LogP contribution in [0.15, 0.2) is 0 Å². The minimum Gasteiger partial charge on any atom is -0.174 e. The molecule has 0 aromatic carbocycles. The standard InChI is InChI=1S/C5H11S/c1-3-5(2)4-6/h4-6H,3H2,1-2H3. The molecule has 6 heavy (non-hydrogen) atoms. The fourth-order valence-corrected chi connectivity index (χ4v) is 0.316. The fourth-order valence-electron chi connectivity index (χ4n) is 0.105. The first-order valence-electron chi connectivity index (χ1n) is 2.28. The third-order valence-electron chi connectivity index (χ3n) is 0.898. The van der Waals surface area contributed by atoms with E-state index in [1.54, 1.807) is 0 Å². The van der Waals surface area contributed by atoms with Crippen LogP contribution in [0, 0.1) is 11.7 Å². The summed E-state index contributed by atoms with van der Waals surface area (Å²) >= 11 is 3.97. The fraction of sp³-hybridized carbons (Fsp3) is 0.800. The third kappa shape index (κ3) is 2.58. The summed E-state index contributed by atoms with van der Waals surface area (Å²) in [6, 6.07) is 0. The Morgan fingerprint density at radius 1 is 1.83 bits per heavy atom. The van der Waals surface area contributed by atoms with Gasteiger partial charge in [-0.05, 0) is 5.92 Å². The second-order valence-corrected chi connectivity index (χ2v) is 1.83. The summed E-state index contributed by atoms with van der Waals surface area (Å²) in [6.07, 6.45) is 1.20. The number of thiol groups is 1. The van der Waals surface area contributed by atoms with Gasteiger partial charge >= 0.3 is 0 Å². The molecule has 0 N–H and O–H groups in total. The predicted octanol–water partition coefficient (Wildman–Crippen LogP) is 2.12. The summed E-state index contributed by atoms with van der Waals surface area (Å²) in [5, 5.41) is 0. The van der Waals surface area contributed by atoms with Gasteiger partial charge in [0.1, 0.15) is 0 Å². The van der Waals surface area contributed by atoms with E-state index in [4.69, 9.17) is 0 Å². The van der Waals surface area contributed by atoms with E-state index in [9.17, 15) is 0 Å². The maximum atomic E-state index is 3.97. The monoisotopic (exact) mass is 103 g/mol. The van der Waals surface area contributed by atoms with Crippen molar-refractivity contribution in [3.05, 3.63) is 5.75 Å². The van der Waals surface area contributed by atoms with E-state index in [-0.39, 0.29) is 0 Å². The van der Waals surface area contributed by atoms with Crippen LogP contribution in [-0.4, -0.2) is 0 Å². The molecule has 0 aromatic heterocycles. The van der Waals surface area contributed by atoms with Crippen molar-refractivity contribution in [2.24, 2.45) is 5.92 Å². The smallest absolute Gasteiger partial charge is 0.0161 e. The summed E-state index contributed by atoms with van der Waals surface area (Å²) in [4.78, 5) is 0. The van der Waals surface area contributed by atoms with Gasteiger partial charge in [0, 0.05) is 5.75 Å². The number of hydrogen-bond donors (Lipinski definition) is 1. The lowest BCUT2D eigenvalue weighted by Gasteiger charge is -1.97. The molecule has 1 atom stereocenters. The Balaban J connectivity index is 2.75. The molecule has 1 unspecified atom stereocenters. The van der Waals surface area contributed by atoms with Crippen molar-refractivity contribution < 1.29 is 0 Å². The highest BCUT2D eigenvalue weighted by atomic mass is 32.1. The van der Waals surface area contributed by atoms with Crippen molar-refractivity contribution >= 4 is 12.6 Å². The van der Waals surface area contributed by atoms with Crippen LogP contribution >= 0.6 is 12.6 Å². The summed E-state index contributed by atoms with van der Waals surface area (Å²) < 4.78 is 0. The molecule has 0 nitrogen and oxygen atoms in total. The van der Waals surface area contributed by atoms with Crippen LogP contribution in [0.2, 0.25) is 0 Å². The molecule has 1 heteroatoms. The van der Waals surface area contributed by atoms with Gasteiger partial charge in [0.15, 0.2) is 0 Å². The molecule has 37 valence electrons. The van der Waals surface area contributed by atoms with Gasteiger partial charge in [-0.25, -0.2) is 0 Å². The van der Waals surface area contributed by atoms with Crippen LogP contribution < -0.4 is 0 Å². The van der Waals surface area contributed by atoms with E-state index in [1.807, 2.05) is 5.75 Å². The number of hydrogen-bond acceptors (Lipinski definition) is 1. The van der Waals surface area contributed by atoms with Crippen LogP contribution in [-0.2, 0) is 0 Å². The Morgan fingerprint density at radius 2 is 2.33 bits per heavy atom. The van der Waals surface area contributed by atoms with Gasteiger partial charge in [-0.1, -0.05) is 20.3 Å². The maximum Gasteiger partial charge on any atom is 0.0161 e. The molecule has 0 spiro atoms. The van der Waals surface area contributed by atoms with E-state index in [0.29, 0.717) is 5.92 Å². The molecular weight excluding hydrogens is 92.1 g/mol. The van der Waals surface area contributed by atoms with Crippen LogP contribution in [0.3, 0.4) is 0 Å². The first-order valence-corrected chi connectivity index (χ1v) is 2.80. The second kappa shape index (κ2) is 3.54. The first kappa shape index (κ1) is 6.35. The molecule has 0 saturated heterocycles. The van der Waals surface area contributed by atoms with Crippen molar-refractivity contribution in [3.8, 4) is 0 Å². The largest absolute Gasteiger partial charge is 0.174 e. The normalized spacial score (nSPS) is 14.5. The zero-order valence-electron chi connectivity index (χ0n) is 4.31. The van der Waals surface area contributed by atoms with Crippen molar-refractivity contribution in [1.82, 2.24) is 0 Å². The van der Waals surface area contributed by atoms with E-state index >= 15 is 0 Å². The molecule has 0 aliphatic heterocycles. The Bertz CT molecular complexity index is 23.1. The van der Waals surface area contributed by atoms with E-state index < -0.39 is 0 Å². The average Bonchev–Trinajstić information content (AvgIpc) is 1.65. The Kier molecular flexibility index (Phi) is 3.74. The molecule has 0 aliphatic carbocycles. The predicted molar refractivity (Wildman–Crippen MR) is 32.7 cm³/mol. The molecule has 0 heterocycles. The van der Waals surface area contributed by atoms with Gasteiger partial charge in [0.05, 0.1) is 0 Å². The zero-order chi connectivity index (χ0) is 4.99. The molecule has 0 rings (SSSR count). The van der Waals surface area contributed by atoms with E-state index in [1.165, 1.54) is 6.42 Å². The van der Waals surface area contributed by atoms with Gasteiger partial charge in [-0.15, -0.1) is 0 Å². The topological polar surface area (TPSA) is 0 Å². The Labute approximate surface area is 45.4 Å². The summed E-state index contributed by atoms with van der Waals surface area (Å²) in [5.74, 6) is 2.59. The molecule has 0 amide bonds. The van der Waals surface area contributed by atoms with Crippen molar-refractivity contribution in [2.75, 3.05) is 0 Å². The first-order chi connectivity index (χ1) is 2.81. The van der Waals surface area contributed by atoms with Gasteiger partial charge in [0.2, 0.25) is 0 Å². The van der Waals surface area contributed by atoms with Gasteiger partial charge < -0.3 is 0 Å². The zero-order valence-corrected chi connectivity index (χ0v) is 5.20. The highest BCUT2D eigenvalue weighted by Crippen LogP contribution is 2.05. The van der Waals surface area contributed by atoms with Crippen molar-refractivity contribution in [3.63, 3.8) is 0 Å². The minimum absolute atomic E-state index is 0.674. The second-order valence-electron chi connectivity index (χ2n) is 1.53. The molecule has 0 aliphatic rings. The quantitative estimate of drug-likeness (QED) is 0.508. The number of rotatable bonds is 2. The van der Waals surface area contributed by atoms with E-state index in [0.717, 1.165) is 0 Å². The lowest BCUT2D eigenvalue weighted by Crippen LogP contribution is -1.84. The molecular formula is C5H11S. The highest BCUT2D eigenvalue weighted by Gasteiger charge is 1.90. The van der Waals surface area contributed by atoms with Crippen LogP contribution in [0.4, 0.5) is 0 Å². The Morgan fingerprint density at radius 3 is 2.33 bits per heavy atom. The summed E-state index contributed by atoms with van der Waals surface area (Å²) in [7, 11) is 0. The lowest BCUT2D eigenvalue weighted by atomic mass is 10.2. The van der Waals surface area contributed by atoms with Crippen LogP contribution in [0.5, 0.6) is 0 Å². The SMILES string of the molecule is CCC(C)[CH]S.